The normalized spacial score (nSPS) is 11.6. The van der Waals surface area contributed by atoms with Gasteiger partial charge in [-0.15, -0.1) is 0 Å². The van der Waals surface area contributed by atoms with Crippen LogP contribution < -0.4 is 0 Å². The van der Waals surface area contributed by atoms with E-state index in [2.05, 4.69) is 0 Å². The summed E-state index contributed by atoms with van der Waals surface area (Å²) in [5.74, 6) is -1.91. The first-order chi connectivity index (χ1) is 5.43. The molecule has 0 aliphatic rings. The van der Waals surface area contributed by atoms with Gasteiger partial charge in [-0.2, -0.15) is 13.2 Å². The lowest BCUT2D eigenvalue weighted by Crippen LogP contribution is -2.04. The maximum atomic E-state index is 12.0. The third-order valence-corrected chi connectivity index (χ3v) is 1.32. The lowest BCUT2D eigenvalue weighted by Gasteiger charge is -2.08. The molecule has 0 radical (unpaired) electrons. The fourth-order valence-corrected chi connectivity index (χ4v) is 0.760. The summed E-state index contributed by atoms with van der Waals surface area (Å²) in [5.41, 5.74) is -1.23. The molecule has 1 rings (SSSR count). The van der Waals surface area contributed by atoms with Gasteiger partial charge in [0.25, 0.3) is 0 Å². The highest BCUT2D eigenvalue weighted by Gasteiger charge is 2.34. The first-order valence-corrected chi connectivity index (χ1v) is 3.01. The summed E-state index contributed by atoms with van der Waals surface area (Å²) in [5, 5.41) is 17.5. The van der Waals surface area contributed by atoms with E-state index in [4.69, 9.17) is 10.2 Å². The van der Waals surface area contributed by atoms with Crippen LogP contribution in [-0.2, 0) is 6.18 Å². The van der Waals surface area contributed by atoms with Crippen molar-refractivity contribution in [1.82, 2.24) is 0 Å². The van der Waals surface area contributed by atoms with E-state index < -0.39 is 23.2 Å². The van der Waals surface area contributed by atoms with E-state index in [1.54, 1.807) is 0 Å². The zero-order valence-electron chi connectivity index (χ0n) is 5.76. The molecular formula is C7H5F3O2. The molecule has 0 aromatic heterocycles. The van der Waals surface area contributed by atoms with Crippen LogP contribution in [0.1, 0.15) is 5.56 Å². The van der Waals surface area contributed by atoms with Gasteiger partial charge in [0.05, 0.1) is 0 Å². The summed E-state index contributed by atoms with van der Waals surface area (Å²) < 4.78 is 35.9. The quantitative estimate of drug-likeness (QED) is 0.597. The summed E-state index contributed by atoms with van der Waals surface area (Å²) in [6.07, 6.45) is -4.64. The average molecular weight is 178 g/mol. The highest BCUT2D eigenvalue weighted by Crippen LogP contribution is 2.39. The number of phenolic OH excluding ortho intramolecular Hbond substituents is 2. The molecule has 0 saturated heterocycles. The number of rotatable bonds is 0. The molecule has 0 aliphatic heterocycles. The maximum Gasteiger partial charge on any atom is 0.420 e. The number of aromatic hydroxyl groups is 2. The van der Waals surface area contributed by atoms with E-state index in [1.165, 1.54) is 0 Å². The minimum Gasteiger partial charge on any atom is -0.504 e. The van der Waals surface area contributed by atoms with Crippen molar-refractivity contribution in [2.45, 2.75) is 6.18 Å². The van der Waals surface area contributed by atoms with Gasteiger partial charge in [-0.05, 0) is 12.1 Å². The zero-order valence-corrected chi connectivity index (χ0v) is 5.76. The monoisotopic (exact) mass is 178 g/mol. The van der Waals surface area contributed by atoms with Crippen LogP contribution in [0.3, 0.4) is 0 Å². The third kappa shape index (κ3) is 1.44. The number of hydrogen-bond donors (Lipinski definition) is 2. The van der Waals surface area contributed by atoms with Crippen molar-refractivity contribution in [2.75, 3.05) is 0 Å². The van der Waals surface area contributed by atoms with Gasteiger partial charge in [0.15, 0.2) is 11.5 Å². The Hall–Kier alpha value is -1.39. The van der Waals surface area contributed by atoms with E-state index in [0.717, 1.165) is 12.1 Å². The highest BCUT2D eigenvalue weighted by molar-refractivity contribution is 5.45. The van der Waals surface area contributed by atoms with Gasteiger partial charge >= 0.3 is 6.18 Å². The molecule has 1 aromatic carbocycles. The van der Waals surface area contributed by atoms with Gasteiger partial charge in [0, 0.05) is 0 Å². The second kappa shape index (κ2) is 2.58. The van der Waals surface area contributed by atoms with E-state index in [0.29, 0.717) is 6.07 Å². The lowest BCUT2D eigenvalue weighted by molar-refractivity contribution is -0.138. The molecule has 0 spiro atoms. The molecule has 0 saturated carbocycles. The molecule has 2 N–H and O–H groups in total. The second-order valence-corrected chi connectivity index (χ2v) is 2.17. The Morgan fingerprint density at radius 2 is 1.67 bits per heavy atom. The van der Waals surface area contributed by atoms with Crippen molar-refractivity contribution in [2.24, 2.45) is 0 Å². The predicted octanol–water partition coefficient (Wildman–Crippen LogP) is 2.12. The SMILES string of the molecule is Oc1cccc(C(F)(F)F)c1O. The van der Waals surface area contributed by atoms with Crippen LogP contribution in [0.25, 0.3) is 0 Å². The van der Waals surface area contributed by atoms with Crippen LogP contribution in [0, 0.1) is 0 Å². The van der Waals surface area contributed by atoms with E-state index in [9.17, 15) is 13.2 Å². The highest BCUT2D eigenvalue weighted by atomic mass is 19.4. The van der Waals surface area contributed by atoms with E-state index in [1.807, 2.05) is 0 Å². The number of halogens is 3. The molecule has 12 heavy (non-hydrogen) atoms. The van der Waals surface area contributed by atoms with Crippen molar-refractivity contribution in [3.8, 4) is 11.5 Å². The fraction of sp³-hybridized carbons (Fsp3) is 0.143. The van der Waals surface area contributed by atoms with Gasteiger partial charge in [0.1, 0.15) is 5.56 Å². The van der Waals surface area contributed by atoms with Gasteiger partial charge in [-0.25, -0.2) is 0 Å². The Morgan fingerprint density at radius 1 is 1.08 bits per heavy atom. The maximum absolute atomic E-state index is 12.0. The fourth-order valence-electron chi connectivity index (χ4n) is 0.760. The Bertz CT molecular complexity index is 293. The molecule has 0 fully saturated rings. The minimum atomic E-state index is -4.64. The van der Waals surface area contributed by atoms with Gasteiger partial charge < -0.3 is 10.2 Å². The minimum absolute atomic E-state index is 0.690. The van der Waals surface area contributed by atoms with Crippen LogP contribution >= 0.6 is 0 Å². The topological polar surface area (TPSA) is 40.5 Å². The van der Waals surface area contributed by atoms with Crippen molar-refractivity contribution >= 4 is 0 Å². The van der Waals surface area contributed by atoms with Crippen molar-refractivity contribution in [3.63, 3.8) is 0 Å². The molecule has 1 aromatic rings. The summed E-state index contributed by atoms with van der Waals surface area (Å²) >= 11 is 0. The van der Waals surface area contributed by atoms with Crippen molar-refractivity contribution in [1.29, 1.82) is 0 Å². The van der Waals surface area contributed by atoms with Gasteiger partial charge in [-0.3, -0.25) is 0 Å². The summed E-state index contributed by atoms with van der Waals surface area (Å²) in [6.45, 7) is 0. The average Bonchev–Trinajstić information content (AvgIpc) is 1.92. The second-order valence-electron chi connectivity index (χ2n) is 2.17. The molecule has 66 valence electrons. The molecule has 2 nitrogen and oxygen atoms in total. The van der Waals surface area contributed by atoms with Crippen molar-refractivity contribution < 1.29 is 23.4 Å². The number of benzene rings is 1. The molecule has 0 unspecified atom stereocenters. The lowest BCUT2D eigenvalue weighted by atomic mass is 10.2. The van der Waals surface area contributed by atoms with Crippen LogP contribution in [0.4, 0.5) is 13.2 Å². The van der Waals surface area contributed by atoms with Gasteiger partial charge in [0.2, 0.25) is 0 Å². The molecule has 0 bridgehead atoms. The molecule has 0 aliphatic carbocycles. The number of phenols is 2. The van der Waals surface area contributed by atoms with Crippen LogP contribution in [-0.4, -0.2) is 10.2 Å². The standard InChI is InChI=1S/C7H5F3O2/c8-7(9,10)4-2-1-3-5(11)6(4)12/h1-3,11-12H. The molecule has 0 heterocycles. The van der Waals surface area contributed by atoms with E-state index in [-0.39, 0.29) is 0 Å². The van der Waals surface area contributed by atoms with E-state index >= 15 is 0 Å². The molecular weight excluding hydrogens is 173 g/mol. The summed E-state index contributed by atoms with van der Waals surface area (Å²) in [4.78, 5) is 0. The van der Waals surface area contributed by atoms with Crippen LogP contribution in [0.2, 0.25) is 0 Å². The van der Waals surface area contributed by atoms with Crippen LogP contribution in [0.5, 0.6) is 11.5 Å². The first-order valence-electron chi connectivity index (χ1n) is 3.01. The van der Waals surface area contributed by atoms with Crippen molar-refractivity contribution in [3.05, 3.63) is 23.8 Å². The molecule has 0 atom stereocenters. The Labute approximate surface area is 65.9 Å². The number of hydrogen-bond acceptors (Lipinski definition) is 2. The Morgan fingerprint density at radius 3 is 2.08 bits per heavy atom. The smallest absolute Gasteiger partial charge is 0.420 e. The first kappa shape index (κ1) is 8.70. The Balaban J connectivity index is 3.26. The predicted molar refractivity (Wildman–Crippen MR) is 34.8 cm³/mol. The molecule has 0 amide bonds. The molecule has 5 heteroatoms. The van der Waals surface area contributed by atoms with Gasteiger partial charge in [-0.1, -0.05) is 6.07 Å². The zero-order chi connectivity index (χ0) is 9.35. The number of alkyl halides is 3. The Kier molecular flexibility index (Phi) is 1.87. The summed E-state index contributed by atoms with van der Waals surface area (Å²) in [6, 6.07) is 2.68. The number of para-hydroxylation sites is 1. The largest absolute Gasteiger partial charge is 0.504 e. The van der Waals surface area contributed by atoms with Crippen LogP contribution in [0.15, 0.2) is 18.2 Å². The third-order valence-electron chi connectivity index (χ3n) is 1.32. The summed E-state index contributed by atoms with van der Waals surface area (Å²) in [7, 11) is 0.